The Bertz CT molecular complexity index is 1090. The second kappa shape index (κ2) is 12.1. The average molecular weight is 471 g/mol. The monoisotopic (exact) mass is 470 g/mol. The number of anilines is 1. The number of aromatic nitrogens is 1. The molecule has 33 heavy (non-hydrogen) atoms. The minimum absolute atomic E-state index is 0.0563. The fraction of sp³-hybridized carbons (Fsp3) is 0.207. The topological polar surface area (TPSA) is 24.9 Å². The first kappa shape index (κ1) is 23.6. The van der Waals surface area contributed by atoms with E-state index in [0.717, 1.165) is 18.4 Å². The summed E-state index contributed by atoms with van der Waals surface area (Å²) in [4.78, 5) is 4.97. The molecule has 1 heterocycles. The molecule has 2 nitrogen and oxygen atoms in total. The molecule has 4 aromatic rings. The third kappa shape index (κ3) is 6.29. The van der Waals surface area contributed by atoms with Crippen LogP contribution in [0.1, 0.15) is 25.2 Å². The fourth-order valence-electron chi connectivity index (χ4n) is 3.98. The fourth-order valence-corrected chi connectivity index (χ4v) is 7.93. The van der Waals surface area contributed by atoms with Crippen molar-refractivity contribution >= 4 is 37.4 Å². The van der Waals surface area contributed by atoms with Crippen molar-refractivity contribution in [3.05, 3.63) is 115 Å². The summed E-state index contributed by atoms with van der Waals surface area (Å²) in [5, 5.41) is 7.79. The molecule has 4 heteroatoms. The molecule has 0 amide bonds. The standard InChI is InChI=1S/C29H32N2P2/c1-3-32(4-2)23-25-15-13-14-24(31-25)22-30-28-20-11-12-21-29(28)33(26-16-7-5-8-17-26)27-18-9-6-10-19-27/h5-21,30H,3-4,22-23H2,1-2H3. The number of hydrogen-bond acceptors (Lipinski definition) is 2. The quantitative estimate of drug-likeness (QED) is 0.269. The van der Waals surface area contributed by atoms with Crippen LogP contribution in [0.4, 0.5) is 5.69 Å². The Morgan fingerprint density at radius 3 is 1.85 bits per heavy atom. The summed E-state index contributed by atoms with van der Waals surface area (Å²) in [6, 6.07) is 37.0. The Kier molecular flexibility index (Phi) is 8.65. The lowest BCUT2D eigenvalue weighted by molar-refractivity contribution is 1.01. The van der Waals surface area contributed by atoms with Gasteiger partial charge in [-0.05, 0) is 49.1 Å². The van der Waals surface area contributed by atoms with Crippen LogP contribution in [0.25, 0.3) is 0 Å². The number of nitrogens with zero attached hydrogens (tertiary/aromatic N) is 1. The van der Waals surface area contributed by atoms with E-state index in [1.54, 1.807) is 0 Å². The van der Waals surface area contributed by atoms with Gasteiger partial charge in [0.2, 0.25) is 0 Å². The molecule has 0 aliphatic heterocycles. The van der Waals surface area contributed by atoms with Crippen molar-refractivity contribution in [3.63, 3.8) is 0 Å². The van der Waals surface area contributed by atoms with Gasteiger partial charge in [0.25, 0.3) is 0 Å². The molecule has 0 saturated heterocycles. The minimum Gasteiger partial charge on any atom is -0.379 e. The molecule has 4 rings (SSSR count). The van der Waals surface area contributed by atoms with E-state index in [9.17, 15) is 0 Å². The third-order valence-corrected chi connectivity index (χ3v) is 10.8. The molecule has 0 saturated carbocycles. The Morgan fingerprint density at radius 2 is 1.21 bits per heavy atom. The molecule has 0 bridgehead atoms. The molecular formula is C29H32N2P2. The van der Waals surface area contributed by atoms with E-state index >= 15 is 0 Å². The zero-order valence-corrected chi connectivity index (χ0v) is 21.3. The highest BCUT2D eigenvalue weighted by Gasteiger charge is 2.19. The molecule has 1 aromatic heterocycles. The summed E-state index contributed by atoms with van der Waals surface area (Å²) in [6.45, 7) is 5.33. The molecule has 0 unspecified atom stereocenters. The van der Waals surface area contributed by atoms with Crippen molar-refractivity contribution in [2.24, 2.45) is 0 Å². The predicted octanol–water partition coefficient (Wildman–Crippen LogP) is 6.47. The van der Waals surface area contributed by atoms with E-state index in [1.165, 1.54) is 39.6 Å². The molecule has 0 atom stereocenters. The van der Waals surface area contributed by atoms with Crippen LogP contribution in [0.5, 0.6) is 0 Å². The molecule has 168 valence electrons. The van der Waals surface area contributed by atoms with Crippen molar-refractivity contribution in [2.45, 2.75) is 26.6 Å². The van der Waals surface area contributed by atoms with Crippen LogP contribution >= 0.6 is 15.8 Å². The van der Waals surface area contributed by atoms with E-state index < -0.39 is 7.92 Å². The second-order valence-corrected chi connectivity index (χ2v) is 13.1. The largest absolute Gasteiger partial charge is 0.379 e. The van der Waals surface area contributed by atoms with E-state index in [0.29, 0.717) is 0 Å². The zero-order chi connectivity index (χ0) is 22.9. The highest BCUT2D eigenvalue weighted by atomic mass is 31.1. The normalized spacial score (nSPS) is 11.2. The number of rotatable bonds is 10. The highest BCUT2D eigenvalue weighted by molar-refractivity contribution is 7.80. The maximum Gasteiger partial charge on any atom is 0.0598 e. The minimum atomic E-state index is -0.650. The molecule has 1 N–H and O–H groups in total. The van der Waals surface area contributed by atoms with Gasteiger partial charge >= 0.3 is 0 Å². The van der Waals surface area contributed by atoms with E-state index in [4.69, 9.17) is 4.98 Å². The van der Waals surface area contributed by atoms with Crippen molar-refractivity contribution in [1.29, 1.82) is 0 Å². The maximum atomic E-state index is 4.97. The van der Waals surface area contributed by atoms with Gasteiger partial charge in [-0.15, -0.1) is 7.92 Å². The van der Waals surface area contributed by atoms with Crippen LogP contribution in [0.3, 0.4) is 0 Å². The molecule has 0 aliphatic carbocycles. The van der Waals surface area contributed by atoms with Crippen molar-refractivity contribution < 1.29 is 0 Å². The van der Waals surface area contributed by atoms with Crippen LogP contribution in [0.2, 0.25) is 0 Å². The summed E-state index contributed by atoms with van der Waals surface area (Å²) in [5.74, 6) is 0. The Hall–Kier alpha value is -2.53. The second-order valence-electron chi connectivity index (χ2n) is 7.96. The third-order valence-electron chi connectivity index (χ3n) is 5.78. The van der Waals surface area contributed by atoms with Crippen molar-refractivity contribution in [3.8, 4) is 0 Å². The SMILES string of the molecule is CCP(CC)Cc1cccc(CNc2ccccc2P(c2ccccc2)c2ccccc2)n1. The molecule has 0 fully saturated rings. The number of nitrogens with one attached hydrogen (secondary N) is 1. The summed E-state index contributed by atoms with van der Waals surface area (Å²) >= 11 is 0. The van der Waals surface area contributed by atoms with Crippen LogP contribution in [0.15, 0.2) is 103 Å². The summed E-state index contributed by atoms with van der Waals surface area (Å²) in [6.07, 6.45) is 3.66. The van der Waals surface area contributed by atoms with Gasteiger partial charge in [0, 0.05) is 22.8 Å². The lowest BCUT2D eigenvalue weighted by atomic mass is 10.3. The first-order chi connectivity index (χ1) is 16.3. The Balaban J connectivity index is 1.60. The van der Waals surface area contributed by atoms with Gasteiger partial charge in [-0.2, -0.15) is 0 Å². The van der Waals surface area contributed by atoms with Gasteiger partial charge in [0.15, 0.2) is 0 Å². The first-order valence-electron chi connectivity index (χ1n) is 11.7. The van der Waals surface area contributed by atoms with Gasteiger partial charge in [0.1, 0.15) is 0 Å². The van der Waals surface area contributed by atoms with Gasteiger partial charge in [-0.25, -0.2) is 0 Å². The molecule has 0 spiro atoms. The smallest absolute Gasteiger partial charge is 0.0598 e. The lowest BCUT2D eigenvalue weighted by Gasteiger charge is -2.23. The molecule has 0 aliphatic rings. The Morgan fingerprint density at radius 1 is 0.636 bits per heavy atom. The van der Waals surface area contributed by atoms with Gasteiger partial charge in [-0.3, -0.25) is 4.98 Å². The average Bonchev–Trinajstić information content (AvgIpc) is 2.88. The molecule has 0 radical (unpaired) electrons. The van der Waals surface area contributed by atoms with Gasteiger partial charge < -0.3 is 5.32 Å². The predicted molar refractivity (Wildman–Crippen MR) is 148 cm³/mol. The van der Waals surface area contributed by atoms with Crippen LogP contribution < -0.4 is 21.2 Å². The van der Waals surface area contributed by atoms with Crippen molar-refractivity contribution in [1.82, 2.24) is 4.98 Å². The van der Waals surface area contributed by atoms with Crippen LogP contribution in [-0.2, 0) is 12.7 Å². The number of pyridine rings is 1. The summed E-state index contributed by atoms with van der Waals surface area (Å²) in [5.41, 5.74) is 3.52. The number of para-hydroxylation sites is 1. The zero-order valence-electron chi connectivity index (χ0n) is 19.5. The molecular weight excluding hydrogens is 438 g/mol. The maximum absolute atomic E-state index is 4.97. The number of hydrogen-bond donors (Lipinski definition) is 1. The van der Waals surface area contributed by atoms with Crippen LogP contribution in [0, 0.1) is 0 Å². The van der Waals surface area contributed by atoms with Gasteiger partial charge in [-0.1, -0.05) is 98.8 Å². The van der Waals surface area contributed by atoms with Gasteiger partial charge in [0.05, 0.1) is 12.2 Å². The lowest BCUT2D eigenvalue weighted by Crippen LogP contribution is -2.23. The number of benzene rings is 3. The highest BCUT2D eigenvalue weighted by Crippen LogP contribution is 2.38. The van der Waals surface area contributed by atoms with E-state index in [2.05, 4.69) is 122 Å². The summed E-state index contributed by atoms with van der Waals surface area (Å²) in [7, 11) is -0.594. The van der Waals surface area contributed by atoms with Crippen molar-refractivity contribution in [2.75, 3.05) is 17.6 Å². The Labute approximate surface area is 201 Å². The summed E-state index contributed by atoms with van der Waals surface area (Å²) < 4.78 is 0. The van der Waals surface area contributed by atoms with E-state index in [-0.39, 0.29) is 7.92 Å². The van der Waals surface area contributed by atoms with E-state index in [1.807, 2.05) is 0 Å². The first-order valence-corrected chi connectivity index (χ1v) is 14.9. The van der Waals surface area contributed by atoms with Crippen LogP contribution in [-0.4, -0.2) is 17.3 Å². The molecule has 3 aromatic carbocycles.